The molecule has 0 unspecified atom stereocenters. The van der Waals surface area contributed by atoms with Gasteiger partial charge in [0.15, 0.2) is 5.43 Å². The van der Waals surface area contributed by atoms with Crippen LogP contribution in [0.4, 0.5) is 5.69 Å². The molecule has 0 saturated carbocycles. The van der Waals surface area contributed by atoms with Crippen molar-refractivity contribution in [2.75, 3.05) is 9.74 Å². The number of alkyl halides is 1. The number of nitrogens with one attached hydrogen (secondary N) is 1. The predicted molar refractivity (Wildman–Crippen MR) is 121 cm³/mol. The van der Waals surface area contributed by atoms with Gasteiger partial charge in [0, 0.05) is 28.6 Å². The zero-order chi connectivity index (χ0) is 21.4. The van der Waals surface area contributed by atoms with Crippen LogP contribution >= 0.6 is 22.6 Å². The second kappa shape index (κ2) is 7.79. The van der Waals surface area contributed by atoms with Crippen LogP contribution in [0.2, 0.25) is 0 Å². The Hall–Kier alpha value is -3.40. The minimum atomic E-state index is -1.21. The Morgan fingerprint density at radius 3 is 2.57 bits per heavy atom. The van der Waals surface area contributed by atoms with Crippen LogP contribution in [0, 0.1) is 0 Å². The second-order valence-electron chi connectivity index (χ2n) is 6.53. The number of carbonyl (C=O) groups excluding carboxylic acids is 1. The first-order chi connectivity index (χ1) is 14.4. The first-order valence-electron chi connectivity index (χ1n) is 8.81. The van der Waals surface area contributed by atoms with Gasteiger partial charge in [0.05, 0.1) is 15.7 Å². The largest absolute Gasteiger partial charge is 0.508 e. The molecule has 0 fully saturated rings. The molecule has 2 aliphatic rings. The highest BCUT2D eigenvalue weighted by Gasteiger charge is 2.24. The average molecular weight is 515 g/mol. The standard InChI is InChI=1S/C22H14INO6/c23-10-19(27)24-16-3-1-2-15(21(16)22(28)29)20-13-6-4-11(25)8-17(13)30-18-9-12(26)5-7-14(18)20/h1-9,25H,10H2,(H,24,27)(H,28,29). The Morgan fingerprint density at radius 2 is 1.83 bits per heavy atom. The first-order valence-corrected chi connectivity index (χ1v) is 10.3. The summed E-state index contributed by atoms with van der Waals surface area (Å²) in [5.74, 6) is -1.31. The third kappa shape index (κ3) is 3.50. The fourth-order valence-electron chi connectivity index (χ4n) is 3.43. The molecule has 0 radical (unpaired) electrons. The first kappa shape index (κ1) is 19.9. The van der Waals surface area contributed by atoms with Crippen LogP contribution in [0.5, 0.6) is 5.75 Å². The quantitative estimate of drug-likeness (QED) is 0.212. The predicted octanol–water partition coefficient (Wildman–Crippen LogP) is 4.34. The summed E-state index contributed by atoms with van der Waals surface area (Å²) in [5.41, 5.74) is 1.52. The summed E-state index contributed by atoms with van der Waals surface area (Å²) in [4.78, 5) is 36.0. The summed E-state index contributed by atoms with van der Waals surface area (Å²) < 4.78 is 5.97. The van der Waals surface area contributed by atoms with E-state index in [2.05, 4.69) is 5.32 Å². The molecule has 4 rings (SSSR count). The van der Waals surface area contributed by atoms with E-state index < -0.39 is 5.97 Å². The minimum absolute atomic E-state index is 0.0312. The SMILES string of the molecule is O=C(CI)Nc1cccc(-c2c3ccc(=O)cc-3oc3cc(O)ccc23)c1C(=O)O. The Bertz CT molecular complexity index is 1340. The fraction of sp³-hybridized carbons (Fsp3) is 0.0455. The molecule has 0 atom stereocenters. The van der Waals surface area contributed by atoms with Crippen LogP contribution < -0.4 is 10.7 Å². The van der Waals surface area contributed by atoms with Crippen molar-refractivity contribution < 1.29 is 24.2 Å². The molecule has 30 heavy (non-hydrogen) atoms. The van der Waals surface area contributed by atoms with Gasteiger partial charge >= 0.3 is 5.97 Å². The van der Waals surface area contributed by atoms with Gasteiger partial charge in [-0.2, -0.15) is 0 Å². The van der Waals surface area contributed by atoms with E-state index >= 15 is 0 Å². The van der Waals surface area contributed by atoms with E-state index in [0.717, 1.165) is 0 Å². The van der Waals surface area contributed by atoms with Crippen molar-refractivity contribution in [2.24, 2.45) is 0 Å². The zero-order valence-corrected chi connectivity index (χ0v) is 17.5. The summed E-state index contributed by atoms with van der Waals surface area (Å²) in [6, 6.07) is 13.6. The number of aromatic carboxylic acids is 1. The van der Waals surface area contributed by atoms with Crippen LogP contribution in [-0.2, 0) is 4.79 Å². The maximum atomic E-state index is 12.2. The van der Waals surface area contributed by atoms with Crippen molar-refractivity contribution >= 4 is 51.1 Å². The number of amides is 1. The second-order valence-corrected chi connectivity index (χ2v) is 7.29. The molecule has 0 aromatic heterocycles. The number of hydrogen-bond donors (Lipinski definition) is 3. The molecular weight excluding hydrogens is 501 g/mol. The van der Waals surface area contributed by atoms with Crippen molar-refractivity contribution in [3.63, 3.8) is 0 Å². The smallest absolute Gasteiger partial charge is 0.338 e. The third-order valence-electron chi connectivity index (χ3n) is 4.62. The average Bonchev–Trinajstić information content (AvgIpc) is 2.71. The van der Waals surface area contributed by atoms with Crippen molar-refractivity contribution in [3.05, 3.63) is 70.4 Å². The highest BCUT2D eigenvalue weighted by molar-refractivity contribution is 14.1. The van der Waals surface area contributed by atoms with Crippen molar-refractivity contribution in [1.82, 2.24) is 0 Å². The molecule has 1 amide bonds. The van der Waals surface area contributed by atoms with Crippen LogP contribution in [0.25, 0.3) is 33.4 Å². The summed E-state index contributed by atoms with van der Waals surface area (Å²) in [6.45, 7) is 0. The van der Waals surface area contributed by atoms with Crippen LogP contribution in [-0.4, -0.2) is 26.5 Å². The lowest BCUT2D eigenvalue weighted by atomic mass is 9.90. The number of carboxylic acid groups (broad SMARTS) is 1. The molecule has 150 valence electrons. The molecule has 2 aromatic rings. The number of carboxylic acids is 1. The molecule has 7 nitrogen and oxygen atoms in total. The molecule has 0 bridgehead atoms. The normalized spacial score (nSPS) is 11.0. The Kier molecular flexibility index (Phi) is 5.17. The van der Waals surface area contributed by atoms with Gasteiger partial charge in [0.1, 0.15) is 17.1 Å². The summed E-state index contributed by atoms with van der Waals surface area (Å²) in [5, 5.41) is 23.0. The van der Waals surface area contributed by atoms with Gasteiger partial charge in [-0.05, 0) is 35.9 Å². The number of aromatic hydroxyl groups is 1. The number of halogens is 1. The molecule has 1 heterocycles. The molecule has 0 spiro atoms. The van der Waals surface area contributed by atoms with E-state index in [-0.39, 0.29) is 38.5 Å². The molecule has 0 saturated heterocycles. The summed E-state index contributed by atoms with van der Waals surface area (Å²) in [6.07, 6.45) is 0. The lowest BCUT2D eigenvalue weighted by molar-refractivity contribution is -0.113. The van der Waals surface area contributed by atoms with E-state index in [1.54, 1.807) is 24.3 Å². The summed E-state index contributed by atoms with van der Waals surface area (Å²) in [7, 11) is 0. The Balaban J connectivity index is 2.13. The van der Waals surface area contributed by atoms with Gasteiger partial charge in [-0.3, -0.25) is 9.59 Å². The van der Waals surface area contributed by atoms with Crippen molar-refractivity contribution in [3.8, 4) is 28.2 Å². The minimum Gasteiger partial charge on any atom is -0.508 e. The number of fused-ring (bicyclic) bond motifs is 2. The lowest BCUT2D eigenvalue weighted by Crippen LogP contribution is -2.16. The lowest BCUT2D eigenvalue weighted by Gasteiger charge is -2.18. The number of benzene rings is 3. The maximum absolute atomic E-state index is 12.2. The zero-order valence-electron chi connectivity index (χ0n) is 15.3. The fourth-order valence-corrected chi connectivity index (χ4v) is 3.62. The number of anilines is 1. The van der Waals surface area contributed by atoms with Crippen molar-refractivity contribution in [2.45, 2.75) is 0 Å². The van der Waals surface area contributed by atoms with Gasteiger partial charge in [0.25, 0.3) is 0 Å². The molecular formula is C22H14INO6. The van der Waals surface area contributed by atoms with Gasteiger partial charge in [0.2, 0.25) is 5.91 Å². The van der Waals surface area contributed by atoms with Gasteiger partial charge in [-0.25, -0.2) is 4.79 Å². The van der Waals surface area contributed by atoms with Gasteiger partial charge in [-0.15, -0.1) is 0 Å². The van der Waals surface area contributed by atoms with Gasteiger partial charge in [-0.1, -0.05) is 34.7 Å². The Morgan fingerprint density at radius 1 is 1.03 bits per heavy atom. The molecule has 3 N–H and O–H groups in total. The highest BCUT2D eigenvalue weighted by Crippen LogP contribution is 2.43. The summed E-state index contributed by atoms with van der Waals surface area (Å²) >= 11 is 1.89. The van der Waals surface area contributed by atoms with Crippen LogP contribution in [0.15, 0.2) is 63.8 Å². The molecule has 1 aliphatic heterocycles. The number of phenols is 1. The number of hydrogen-bond acceptors (Lipinski definition) is 5. The number of rotatable bonds is 4. The van der Waals surface area contributed by atoms with Crippen molar-refractivity contribution in [1.29, 1.82) is 0 Å². The molecule has 2 aromatic carbocycles. The van der Waals surface area contributed by atoms with Gasteiger partial charge < -0.3 is 19.9 Å². The van der Waals surface area contributed by atoms with E-state index in [1.165, 1.54) is 30.3 Å². The molecule has 1 aliphatic carbocycles. The molecule has 8 heteroatoms. The number of carbonyl (C=O) groups is 2. The van der Waals surface area contributed by atoms with E-state index in [4.69, 9.17) is 4.42 Å². The highest BCUT2D eigenvalue weighted by atomic mass is 127. The maximum Gasteiger partial charge on any atom is 0.338 e. The third-order valence-corrected chi connectivity index (χ3v) is 5.31. The van der Waals surface area contributed by atoms with E-state index in [1.807, 2.05) is 22.6 Å². The topological polar surface area (TPSA) is 117 Å². The van der Waals surface area contributed by atoms with E-state index in [0.29, 0.717) is 27.7 Å². The van der Waals surface area contributed by atoms with Crippen LogP contribution in [0.1, 0.15) is 10.4 Å². The van der Waals surface area contributed by atoms with Crippen LogP contribution in [0.3, 0.4) is 0 Å². The number of phenolic OH excluding ortho intramolecular Hbond substituents is 1. The monoisotopic (exact) mass is 515 g/mol. The Labute approximate surface area is 183 Å². The van der Waals surface area contributed by atoms with E-state index in [9.17, 15) is 24.6 Å².